The quantitative estimate of drug-likeness (QED) is 0.149. The molecule has 0 unspecified atom stereocenters. The van der Waals surface area contributed by atoms with Crippen LogP contribution in [0.3, 0.4) is 0 Å². The summed E-state index contributed by atoms with van der Waals surface area (Å²) in [5.41, 5.74) is 5.82. The first kappa shape index (κ1) is 30.4. The summed E-state index contributed by atoms with van der Waals surface area (Å²) in [6.07, 6.45) is -4.14. The molecule has 1 aliphatic heterocycles. The smallest absolute Gasteiger partial charge is 0.475 e. The van der Waals surface area contributed by atoms with Crippen molar-refractivity contribution in [1.29, 1.82) is 0 Å². The summed E-state index contributed by atoms with van der Waals surface area (Å²) in [6.45, 7) is 2.10. The Kier molecular flexibility index (Phi) is 8.84. The van der Waals surface area contributed by atoms with E-state index in [9.17, 15) is 31.5 Å². The number of carboxylic acid groups (broad SMARTS) is 2. The van der Waals surface area contributed by atoms with Gasteiger partial charge in [-0.2, -0.15) is 31.1 Å². The Bertz CT molecular complexity index is 1550. The van der Waals surface area contributed by atoms with Gasteiger partial charge < -0.3 is 20.7 Å². The van der Waals surface area contributed by atoms with Gasteiger partial charge in [0.1, 0.15) is 17.2 Å². The number of nitrogens with one attached hydrogen (secondary N) is 1. The largest absolute Gasteiger partial charge is 0.490 e. The number of hydrogen-bond acceptors (Lipinski definition) is 7. The standard InChI is InChI=1S/C21H17N5O.2C2HF3O2/c1-2-13-6-3-4-7-14(13)21-25-18-16-8-5-10-23-20(16)24-17-12-22-11-9-15(17)19(18)26(21)27;2*3-2(4,5)1(6)7/h3-12,27H,2H2,1H3,(H,23,24);2*(H,6,7). The van der Waals surface area contributed by atoms with Gasteiger partial charge in [0, 0.05) is 29.1 Å². The van der Waals surface area contributed by atoms with Crippen molar-refractivity contribution >= 4 is 23.4 Å². The van der Waals surface area contributed by atoms with Crippen LogP contribution in [-0.2, 0) is 16.0 Å². The highest BCUT2D eigenvalue weighted by Gasteiger charge is 2.39. The molecule has 0 fully saturated rings. The second-order valence-corrected chi connectivity index (χ2v) is 8.01. The first-order chi connectivity index (χ1) is 19.2. The van der Waals surface area contributed by atoms with Crippen LogP contribution < -0.4 is 5.32 Å². The minimum absolute atomic E-state index is 0.525. The molecular weight excluding hydrogens is 564 g/mol. The molecule has 0 bridgehead atoms. The van der Waals surface area contributed by atoms with Crippen molar-refractivity contribution in [2.24, 2.45) is 0 Å². The summed E-state index contributed by atoms with van der Waals surface area (Å²) in [5.74, 6) is -4.30. The maximum absolute atomic E-state index is 11.1. The number of imidazole rings is 1. The highest BCUT2D eigenvalue weighted by Crippen LogP contribution is 2.44. The van der Waals surface area contributed by atoms with E-state index in [2.05, 4.69) is 28.3 Å². The van der Waals surface area contributed by atoms with Crippen LogP contribution in [0, 0.1) is 0 Å². The summed E-state index contributed by atoms with van der Waals surface area (Å²) < 4.78 is 64.7. The zero-order valence-corrected chi connectivity index (χ0v) is 20.7. The number of benzene rings is 1. The number of carboxylic acids is 2. The molecule has 0 amide bonds. The van der Waals surface area contributed by atoms with E-state index in [1.165, 1.54) is 4.73 Å². The molecule has 0 atom stereocenters. The van der Waals surface area contributed by atoms with Crippen molar-refractivity contribution < 1.29 is 51.4 Å². The van der Waals surface area contributed by atoms with Gasteiger partial charge in [0.25, 0.3) is 0 Å². The summed E-state index contributed by atoms with van der Waals surface area (Å²) in [6, 6.07) is 13.7. The van der Waals surface area contributed by atoms with Crippen molar-refractivity contribution in [3.05, 3.63) is 66.6 Å². The Labute approximate surface area is 226 Å². The lowest BCUT2D eigenvalue weighted by Crippen LogP contribution is -2.21. The number of aliphatic carboxylic acids is 2. The Hall–Kier alpha value is -5.15. The maximum Gasteiger partial charge on any atom is 0.490 e. The van der Waals surface area contributed by atoms with Crippen molar-refractivity contribution in [3.8, 4) is 33.9 Å². The normalized spacial score (nSPS) is 11.6. The van der Waals surface area contributed by atoms with Gasteiger partial charge in [-0.25, -0.2) is 19.6 Å². The van der Waals surface area contributed by atoms with Crippen molar-refractivity contribution in [2.75, 3.05) is 5.32 Å². The molecule has 4 aromatic rings. The number of alkyl halides is 6. The average Bonchev–Trinajstić information content (AvgIpc) is 3.17. The van der Waals surface area contributed by atoms with Crippen LogP contribution in [0.4, 0.5) is 37.8 Å². The summed E-state index contributed by atoms with van der Waals surface area (Å²) in [7, 11) is 0. The molecule has 1 aromatic carbocycles. The van der Waals surface area contributed by atoms with Crippen LogP contribution in [0.5, 0.6) is 0 Å². The molecule has 0 saturated heterocycles. The van der Waals surface area contributed by atoms with E-state index in [0.29, 0.717) is 23.0 Å². The molecule has 4 heterocycles. The van der Waals surface area contributed by atoms with Gasteiger partial charge in [0.15, 0.2) is 5.82 Å². The fourth-order valence-corrected chi connectivity index (χ4v) is 3.59. The van der Waals surface area contributed by atoms with Crippen LogP contribution >= 0.6 is 0 Å². The molecule has 0 aliphatic carbocycles. The number of anilines is 2. The Balaban J connectivity index is 0.000000276. The van der Waals surface area contributed by atoms with Gasteiger partial charge in [-0.15, -0.1) is 0 Å². The number of rotatable bonds is 2. The summed E-state index contributed by atoms with van der Waals surface area (Å²) >= 11 is 0. The van der Waals surface area contributed by atoms with Gasteiger partial charge in [-0.3, -0.25) is 4.98 Å². The van der Waals surface area contributed by atoms with Gasteiger partial charge >= 0.3 is 24.3 Å². The Morgan fingerprint density at radius 2 is 1.46 bits per heavy atom. The second kappa shape index (κ2) is 11.9. The minimum atomic E-state index is -5.08. The van der Waals surface area contributed by atoms with Crippen molar-refractivity contribution in [1.82, 2.24) is 19.7 Å². The highest BCUT2D eigenvalue weighted by molar-refractivity contribution is 5.95. The van der Waals surface area contributed by atoms with Crippen LogP contribution in [0.1, 0.15) is 12.5 Å². The molecule has 0 saturated carbocycles. The van der Waals surface area contributed by atoms with Crippen molar-refractivity contribution in [2.45, 2.75) is 25.7 Å². The molecule has 4 N–H and O–H groups in total. The number of aryl methyl sites for hydroxylation is 1. The molecule has 1 aliphatic rings. The Morgan fingerprint density at radius 1 is 0.878 bits per heavy atom. The molecule has 10 nitrogen and oxygen atoms in total. The van der Waals surface area contributed by atoms with E-state index in [0.717, 1.165) is 34.4 Å². The predicted octanol–water partition coefficient (Wildman–Crippen LogP) is 5.80. The lowest BCUT2D eigenvalue weighted by molar-refractivity contribution is -0.193. The first-order valence-corrected chi connectivity index (χ1v) is 11.3. The number of carbonyl (C=O) groups is 2. The average molecular weight is 583 g/mol. The third-order valence-electron chi connectivity index (χ3n) is 5.37. The van der Waals surface area contributed by atoms with Crippen LogP contribution in [0.25, 0.3) is 33.9 Å². The fraction of sp³-hybridized carbons (Fsp3) is 0.160. The molecule has 216 valence electrons. The minimum Gasteiger partial charge on any atom is -0.475 e. The van der Waals surface area contributed by atoms with Crippen LogP contribution in [0.2, 0.25) is 0 Å². The van der Waals surface area contributed by atoms with Gasteiger partial charge in [-0.05, 0) is 30.2 Å². The second-order valence-electron chi connectivity index (χ2n) is 8.01. The van der Waals surface area contributed by atoms with Crippen LogP contribution in [0.15, 0.2) is 61.1 Å². The fourth-order valence-electron chi connectivity index (χ4n) is 3.59. The zero-order valence-electron chi connectivity index (χ0n) is 20.7. The number of pyridine rings is 2. The van der Waals surface area contributed by atoms with E-state index < -0.39 is 24.3 Å². The molecule has 5 rings (SSSR count). The maximum atomic E-state index is 11.1. The lowest BCUT2D eigenvalue weighted by atomic mass is 10.1. The molecule has 41 heavy (non-hydrogen) atoms. The van der Waals surface area contributed by atoms with E-state index in [4.69, 9.17) is 24.8 Å². The molecule has 3 aromatic heterocycles. The van der Waals surface area contributed by atoms with E-state index in [-0.39, 0.29) is 0 Å². The van der Waals surface area contributed by atoms with Crippen LogP contribution in [-0.4, -0.2) is 59.4 Å². The van der Waals surface area contributed by atoms with Gasteiger partial charge in [-0.1, -0.05) is 31.2 Å². The van der Waals surface area contributed by atoms with E-state index in [1.54, 1.807) is 18.6 Å². The first-order valence-electron chi connectivity index (χ1n) is 11.3. The summed E-state index contributed by atoms with van der Waals surface area (Å²) in [5, 5.41) is 28.7. The number of hydrogen-bond donors (Lipinski definition) is 4. The molecular formula is C25H19F6N5O5. The SMILES string of the molecule is CCc1ccccc1-c1nc2c(n1O)-c1ccncc1Nc1ncccc1-2.O=C(O)C(F)(F)F.O=C(O)C(F)(F)F. The van der Waals surface area contributed by atoms with Gasteiger partial charge in [0.05, 0.1) is 11.9 Å². The van der Waals surface area contributed by atoms with Gasteiger partial charge in [0.2, 0.25) is 0 Å². The topological polar surface area (TPSA) is 150 Å². The van der Waals surface area contributed by atoms with E-state index in [1.807, 2.05) is 36.4 Å². The third kappa shape index (κ3) is 6.90. The predicted molar refractivity (Wildman–Crippen MR) is 131 cm³/mol. The molecule has 0 spiro atoms. The molecule has 16 heteroatoms. The monoisotopic (exact) mass is 583 g/mol. The van der Waals surface area contributed by atoms with E-state index >= 15 is 0 Å². The third-order valence-corrected chi connectivity index (χ3v) is 5.37. The Morgan fingerprint density at radius 3 is 2.05 bits per heavy atom. The summed E-state index contributed by atoms with van der Waals surface area (Å²) in [4.78, 5) is 31.3. The number of aromatic nitrogens is 4. The zero-order chi connectivity index (χ0) is 30.5. The molecule has 0 radical (unpaired) electrons. The van der Waals surface area contributed by atoms with Crippen molar-refractivity contribution in [3.63, 3.8) is 0 Å². The number of fused-ring (bicyclic) bond motifs is 5. The highest BCUT2D eigenvalue weighted by atomic mass is 19.4. The number of halogens is 6. The number of nitrogens with zero attached hydrogens (tertiary/aromatic N) is 4. The lowest BCUT2D eigenvalue weighted by Gasteiger charge is -2.10.